The van der Waals surface area contributed by atoms with Gasteiger partial charge in [-0.05, 0) is 13.8 Å². The van der Waals surface area contributed by atoms with Crippen LogP contribution in [0.4, 0.5) is 0 Å². The van der Waals surface area contributed by atoms with Gasteiger partial charge in [-0.1, -0.05) is 0 Å². The summed E-state index contributed by atoms with van der Waals surface area (Å²) in [6, 6.07) is 1.50. The highest BCUT2D eigenvalue weighted by atomic mass is 16.5. The van der Waals surface area contributed by atoms with Crippen molar-refractivity contribution in [1.82, 2.24) is 5.32 Å². The molecule has 0 aliphatic rings. The van der Waals surface area contributed by atoms with Gasteiger partial charge < -0.3 is 29.4 Å². The van der Waals surface area contributed by atoms with E-state index in [2.05, 4.69) is 5.32 Å². The fourth-order valence-electron chi connectivity index (χ4n) is 1.92. The second kappa shape index (κ2) is 7.22. The lowest BCUT2D eigenvalue weighted by molar-refractivity contribution is 0.0865. The van der Waals surface area contributed by atoms with Crippen LogP contribution in [0.25, 0.3) is 0 Å². The summed E-state index contributed by atoms with van der Waals surface area (Å²) in [6.07, 6.45) is 0. The lowest BCUT2D eigenvalue weighted by Gasteiger charge is -2.25. The Bertz CT molecular complexity index is 541. The van der Waals surface area contributed by atoms with E-state index in [-0.39, 0.29) is 23.7 Å². The first kappa shape index (κ1) is 17.9. The Hall–Kier alpha value is -2.15. The highest BCUT2D eigenvalue weighted by Gasteiger charge is 2.28. The number of methoxy groups -OCH3 is 4. The summed E-state index contributed by atoms with van der Waals surface area (Å²) in [5.74, 6) is 0.741. The molecule has 0 aromatic heterocycles. The number of carbonyl (C=O) groups excluding carboxylic acids is 1. The van der Waals surface area contributed by atoms with E-state index >= 15 is 0 Å². The summed E-state index contributed by atoms with van der Waals surface area (Å²) in [5.41, 5.74) is -0.554. The summed E-state index contributed by atoms with van der Waals surface area (Å²) in [6.45, 7) is 3.20. The molecule has 0 saturated carbocycles. The Morgan fingerprint density at radius 1 is 1.05 bits per heavy atom. The van der Waals surface area contributed by atoms with Crippen LogP contribution < -0.4 is 24.3 Å². The van der Waals surface area contributed by atoms with E-state index in [0.717, 1.165) is 0 Å². The van der Waals surface area contributed by atoms with Crippen molar-refractivity contribution < 1.29 is 28.8 Å². The van der Waals surface area contributed by atoms with E-state index < -0.39 is 11.4 Å². The first-order valence-electron chi connectivity index (χ1n) is 6.65. The molecule has 0 atom stereocenters. The van der Waals surface area contributed by atoms with E-state index in [1.54, 1.807) is 13.8 Å². The van der Waals surface area contributed by atoms with Crippen LogP contribution in [0.3, 0.4) is 0 Å². The molecule has 1 aromatic carbocycles. The largest absolute Gasteiger partial charge is 0.493 e. The SMILES string of the molecule is COc1cc(C(=O)NC(C)(C)CO)c(OC)c(OC)c1OC. The molecule has 1 aromatic rings. The van der Waals surface area contributed by atoms with Crippen molar-refractivity contribution in [3.05, 3.63) is 11.6 Å². The smallest absolute Gasteiger partial charge is 0.255 e. The molecule has 0 aliphatic carbocycles. The van der Waals surface area contributed by atoms with Gasteiger partial charge in [0.2, 0.25) is 11.5 Å². The number of hydrogen-bond acceptors (Lipinski definition) is 6. The lowest BCUT2D eigenvalue weighted by atomic mass is 10.0. The van der Waals surface area contributed by atoms with Gasteiger partial charge in [0.05, 0.1) is 46.1 Å². The van der Waals surface area contributed by atoms with Crippen LogP contribution in [0.2, 0.25) is 0 Å². The molecular weight excluding hydrogens is 290 g/mol. The minimum absolute atomic E-state index is 0.203. The lowest BCUT2D eigenvalue weighted by Crippen LogP contribution is -2.46. The number of nitrogens with one attached hydrogen (secondary N) is 1. The Morgan fingerprint density at radius 3 is 2.00 bits per heavy atom. The van der Waals surface area contributed by atoms with E-state index in [1.165, 1.54) is 34.5 Å². The average Bonchev–Trinajstić information content (AvgIpc) is 2.51. The van der Waals surface area contributed by atoms with Crippen LogP contribution in [0.1, 0.15) is 24.2 Å². The molecule has 0 fully saturated rings. The molecule has 0 bridgehead atoms. The zero-order valence-corrected chi connectivity index (χ0v) is 13.8. The van der Waals surface area contributed by atoms with Crippen LogP contribution in [-0.4, -0.2) is 51.6 Å². The number of rotatable bonds is 7. The number of aliphatic hydroxyl groups excluding tert-OH is 1. The van der Waals surface area contributed by atoms with Crippen molar-refractivity contribution in [2.75, 3.05) is 35.0 Å². The van der Waals surface area contributed by atoms with E-state index in [0.29, 0.717) is 11.5 Å². The Balaban J connectivity index is 3.44. The minimum atomic E-state index is -0.775. The van der Waals surface area contributed by atoms with Gasteiger partial charge in [0.15, 0.2) is 11.5 Å². The van der Waals surface area contributed by atoms with Crippen molar-refractivity contribution in [3.63, 3.8) is 0 Å². The maximum absolute atomic E-state index is 12.5. The normalized spacial score (nSPS) is 10.9. The molecule has 1 rings (SSSR count). The van der Waals surface area contributed by atoms with Crippen molar-refractivity contribution in [3.8, 4) is 23.0 Å². The summed E-state index contributed by atoms with van der Waals surface area (Å²) < 4.78 is 21.1. The fourth-order valence-corrected chi connectivity index (χ4v) is 1.92. The number of benzene rings is 1. The molecule has 124 valence electrons. The average molecular weight is 313 g/mol. The standard InChI is InChI=1S/C15H23NO6/c1-15(2,8-17)16-14(18)9-7-10(19-3)12(21-5)13(22-6)11(9)20-4/h7,17H,8H2,1-6H3,(H,16,18). The predicted molar refractivity (Wildman–Crippen MR) is 81.3 cm³/mol. The van der Waals surface area contributed by atoms with Crippen LogP contribution in [-0.2, 0) is 0 Å². The van der Waals surface area contributed by atoms with Gasteiger partial charge in [-0.3, -0.25) is 4.79 Å². The monoisotopic (exact) mass is 313 g/mol. The summed E-state index contributed by atoms with van der Waals surface area (Å²) in [7, 11) is 5.80. The van der Waals surface area contributed by atoms with Crippen molar-refractivity contribution in [2.24, 2.45) is 0 Å². The molecule has 1 amide bonds. The van der Waals surface area contributed by atoms with Gasteiger partial charge >= 0.3 is 0 Å². The number of carbonyl (C=O) groups is 1. The van der Waals surface area contributed by atoms with Crippen LogP contribution in [0, 0.1) is 0 Å². The third-order valence-corrected chi connectivity index (χ3v) is 3.08. The first-order valence-corrected chi connectivity index (χ1v) is 6.65. The van der Waals surface area contributed by atoms with Gasteiger partial charge in [-0.15, -0.1) is 0 Å². The van der Waals surface area contributed by atoms with E-state index in [9.17, 15) is 9.90 Å². The molecule has 0 spiro atoms. The highest BCUT2D eigenvalue weighted by Crippen LogP contribution is 2.46. The van der Waals surface area contributed by atoms with Gasteiger partial charge in [0.1, 0.15) is 0 Å². The Morgan fingerprint density at radius 2 is 1.59 bits per heavy atom. The number of ether oxygens (including phenoxy) is 4. The maximum Gasteiger partial charge on any atom is 0.255 e. The molecule has 0 heterocycles. The summed E-state index contributed by atoms with van der Waals surface area (Å²) in [5, 5.41) is 12.0. The molecule has 22 heavy (non-hydrogen) atoms. The molecule has 2 N–H and O–H groups in total. The molecule has 0 aliphatic heterocycles. The number of hydrogen-bond donors (Lipinski definition) is 2. The second-order valence-corrected chi connectivity index (χ2v) is 5.22. The van der Waals surface area contributed by atoms with Gasteiger partial charge in [0, 0.05) is 6.07 Å². The van der Waals surface area contributed by atoms with Gasteiger partial charge in [0.25, 0.3) is 5.91 Å². The maximum atomic E-state index is 12.5. The van der Waals surface area contributed by atoms with Crippen molar-refractivity contribution in [1.29, 1.82) is 0 Å². The Kier molecular flexibility index (Phi) is 5.87. The Labute approximate surface area is 130 Å². The van der Waals surface area contributed by atoms with Crippen LogP contribution >= 0.6 is 0 Å². The highest BCUT2D eigenvalue weighted by molar-refractivity contribution is 5.99. The topological polar surface area (TPSA) is 86.3 Å². The number of aliphatic hydroxyl groups is 1. The van der Waals surface area contributed by atoms with Gasteiger partial charge in [-0.25, -0.2) is 0 Å². The van der Waals surface area contributed by atoms with Crippen molar-refractivity contribution >= 4 is 5.91 Å². The van der Waals surface area contributed by atoms with Gasteiger partial charge in [-0.2, -0.15) is 0 Å². The zero-order valence-electron chi connectivity index (χ0n) is 13.8. The molecule has 0 radical (unpaired) electrons. The fraction of sp³-hybridized carbons (Fsp3) is 0.533. The summed E-state index contributed by atoms with van der Waals surface area (Å²) >= 11 is 0. The molecular formula is C15H23NO6. The number of amides is 1. The first-order chi connectivity index (χ1) is 10.3. The molecule has 0 saturated heterocycles. The van der Waals surface area contributed by atoms with Crippen LogP contribution in [0.5, 0.6) is 23.0 Å². The van der Waals surface area contributed by atoms with E-state index in [1.807, 2.05) is 0 Å². The zero-order chi connectivity index (χ0) is 16.9. The molecule has 7 heteroatoms. The minimum Gasteiger partial charge on any atom is -0.493 e. The quantitative estimate of drug-likeness (QED) is 0.787. The predicted octanol–water partition coefficient (Wildman–Crippen LogP) is 1.22. The van der Waals surface area contributed by atoms with Crippen molar-refractivity contribution in [2.45, 2.75) is 19.4 Å². The third kappa shape index (κ3) is 3.54. The summed E-state index contributed by atoms with van der Waals surface area (Å²) in [4.78, 5) is 12.5. The van der Waals surface area contributed by atoms with E-state index in [4.69, 9.17) is 18.9 Å². The third-order valence-electron chi connectivity index (χ3n) is 3.08. The second-order valence-electron chi connectivity index (χ2n) is 5.22. The molecule has 7 nitrogen and oxygen atoms in total. The molecule has 0 unspecified atom stereocenters. The van der Waals surface area contributed by atoms with Crippen LogP contribution in [0.15, 0.2) is 6.07 Å².